The summed E-state index contributed by atoms with van der Waals surface area (Å²) in [5.74, 6) is 0.759. The van der Waals surface area contributed by atoms with E-state index in [0.717, 1.165) is 23.3 Å². The molecule has 0 atom stereocenters. The average Bonchev–Trinajstić information content (AvgIpc) is 3.08. The van der Waals surface area contributed by atoms with Crippen molar-refractivity contribution in [3.8, 4) is 23.5 Å². The van der Waals surface area contributed by atoms with Gasteiger partial charge < -0.3 is 4.42 Å². The molecule has 5 nitrogen and oxygen atoms in total. The fourth-order valence-corrected chi connectivity index (χ4v) is 1.91. The molecule has 0 unspecified atom stereocenters. The third-order valence-corrected chi connectivity index (χ3v) is 3.20. The zero-order chi connectivity index (χ0) is 17.4. The molecule has 24 heavy (non-hydrogen) atoms. The minimum Gasteiger partial charge on any atom is -0.443 e. The van der Waals surface area contributed by atoms with E-state index in [9.17, 15) is 4.79 Å². The standard InChI is InChI=1S/C11H8N2O.C8H5NO/c1-8-11(14-7-13-8)10-4-2-9(6-12)3-5-10;9-5-7-1-3-8(6-10)4-2-7/h2-5,7H,1H3;1-4,6H. The largest absolute Gasteiger partial charge is 0.443 e. The minimum atomic E-state index is 0.575. The van der Waals surface area contributed by atoms with Crippen LogP contribution in [0.4, 0.5) is 0 Å². The maximum atomic E-state index is 10.1. The highest BCUT2D eigenvalue weighted by Crippen LogP contribution is 2.22. The third kappa shape index (κ3) is 4.16. The van der Waals surface area contributed by atoms with Crippen LogP contribution in [0.3, 0.4) is 0 Å². The van der Waals surface area contributed by atoms with Crippen molar-refractivity contribution in [3.05, 3.63) is 77.3 Å². The first-order valence-corrected chi connectivity index (χ1v) is 7.04. The molecule has 1 aromatic heterocycles. The van der Waals surface area contributed by atoms with Crippen LogP contribution < -0.4 is 0 Å². The van der Waals surface area contributed by atoms with Gasteiger partial charge in [-0.1, -0.05) is 12.1 Å². The molecule has 1 heterocycles. The molecule has 0 radical (unpaired) electrons. The van der Waals surface area contributed by atoms with Gasteiger partial charge in [0.05, 0.1) is 29.0 Å². The average molecular weight is 315 g/mol. The number of oxazole rings is 1. The second-order valence-corrected chi connectivity index (χ2v) is 4.81. The molecule has 0 aliphatic heterocycles. The Morgan fingerprint density at radius 2 is 1.50 bits per heavy atom. The Hall–Kier alpha value is -3.70. The first-order chi connectivity index (χ1) is 11.7. The summed E-state index contributed by atoms with van der Waals surface area (Å²) in [4.78, 5) is 14.1. The summed E-state index contributed by atoms with van der Waals surface area (Å²) < 4.78 is 5.23. The van der Waals surface area contributed by atoms with E-state index in [1.807, 2.05) is 25.1 Å². The molecule has 0 saturated heterocycles. The summed E-state index contributed by atoms with van der Waals surface area (Å²) in [6.45, 7) is 1.89. The van der Waals surface area contributed by atoms with Gasteiger partial charge in [0, 0.05) is 11.1 Å². The van der Waals surface area contributed by atoms with Crippen molar-refractivity contribution >= 4 is 6.29 Å². The normalized spacial score (nSPS) is 9.12. The summed E-state index contributed by atoms with van der Waals surface area (Å²) in [7, 11) is 0. The Labute approximate surface area is 139 Å². The quantitative estimate of drug-likeness (QED) is 0.669. The van der Waals surface area contributed by atoms with Crippen molar-refractivity contribution in [3.63, 3.8) is 0 Å². The van der Waals surface area contributed by atoms with Crippen molar-refractivity contribution in [2.75, 3.05) is 0 Å². The first kappa shape index (κ1) is 16.7. The number of benzene rings is 2. The molecule has 3 aromatic rings. The number of rotatable bonds is 2. The van der Waals surface area contributed by atoms with Crippen LogP contribution in [-0.4, -0.2) is 11.3 Å². The van der Waals surface area contributed by atoms with Crippen LogP contribution in [-0.2, 0) is 0 Å². The summed E-state index contributed by atoms with van der Waals surface area (Å²) in [6.07, 6.45) is 2.17. The van der Waals surface area contributed by atoms with Crippen molar-refractivity contribution in [1.29, 1.82) is 10.5 Å². The number of hydrogen-bond acceptors (Lipinski definition) is 5. The number of carbonyl (C=O) groups excluding carboxylic acids is 1. The predicted molar refractivity (Wildman–Crippen MR) is 87.9 cm³/mol. The van der Waals surface area contributed by atoms with E-state index in [1.54, 1.807) is 36.4 Å². The van der Waals surface area contributed by atoms with Crippen molar-refractivity contribution < 1.29 is 9.21 Å². The second-order valence-electron chi connectivity index (χ2n) is 4.81. The zero-order valence-corrected chi connectivity index (χ0v) is 12.9. The smallest absolute Gasteiger partial charge is 0.181 e. The molecule has 0 spiro atoms. The number of hydrogen-bond donors (Lipinski definition) is 0. The van der Waals surface area contributed by atoms with Crippen LogP contribution in [0.15, 0.2) is 59.3 Å². The molecule has 0 amide bonds. The Bertz CT molecular complexity index is 896. The lowest BCUT2D eigenvalue weighted by Crippen LogP contribution is -1.79. The van der Waals surface area contributed by atoms with Gasteiger partial charge >= 0.3 is 0 Å². The van der Waals surface area contributed by atoms with Gasteiger partial charge in [-0.05, 0) is 43.3 Å². The molecule has 0 aliphatic rings. The van der Waals surface area contributed by atoms with Gasteiger partial charge in [-0.15, -0.1) is 0 Å². The van der Waals surface area contributed by atoms with Gasteiger partial charge in [0.2, 0.25) is 0 Å². The van der Waals surface area contributed by atoms with Crippen LogP contribution in [0.25, 0.3) is 11.3 Å². The van der Waals surface area contributed by atoms with Gasteiger partial charge in [0.1, 0.15) is 6.29 Å². The highest BCUT2D eigenvalue weighted by Gasteiger charge is 2.05. The molecule has 0 fully saturated rings. The monoisotopic (exact) mass is 315 g/mol. The van der Waals surface area contributed by atoms with Gasteiger partial charge in [-0.25, -0.2) is 4.98 Å². The summed E-state index contributed by atoms with van der Waals surface area (Å²) in [5.41, 5.74) is 3.62. The van der Waals surface area contributed by atoms with Crippen molar-refractivity contribution in [2.45, 2.75) is 6.92 Å². The second kappa shape index (κ2) is 8.07. The van der Waals surface area contributed by atoms with E-state index in [1.165, 1.54) is 6.39 Å². The fourth-order valence-electron chi connectivity index (χ4n) is 1.91. The Morgan fingerprint density at radius 3 is 1.92 bits per heavy atom. The van der Waals surface area contributed by atoms with E-state index in [0.29, 0.717) is 16.7 Å². The highest BCUT2D eigenvalue weighted by molar-refractivity contribution is 5.74. The minimum absolute atomic E-state index is 0.575. The van der Waals surface area contributed by atoms with E-state index in [2.05, 4.69) is 11.1 Å². The van der Waals surface area contributed by atoms with Gasteiger partial charge in [0.25, 0.3) is 0 Å². The number of aryl methyl sites for hydroxylation is 1. The maximum Gasteiger partial charge on any atom is 0.181 e. The number of aromatic nitrogens is 1. The molecule has 0 bridgehead atoms. The Kier molecular flexibility index (Phi) is 5.60. The van der Waals surface area contributed by atoms with E-state index < -0.39 is 0 Å². The van der Waals surface area contributed by atoms with Crippen LogP contribution in [0.2, 0.25) is 0 Å². The molecule has 116 valence electrons. The van der Waals surface area contributed by atoms with Crippen LogP contribution in [0.1, 0.15) is 27.2 Å². The lowest BCUT2D eigenvalue weighted by molar-refractivity contribution is 0.112. The molecule has 2 aromatic carbocycles. The van der Waals surface area contributed by atoms with E-state index >= 15 is 0 Å². The summed E-state index contributed by atoms with van der Waals surface area (Å²) >= 11 is 0. The zero-order valence-electron chi connectivity index (χ0n) is 12.9. The SMILES string of the molecule is Cc1ncoc1-c1ccc(C#N)cc1.N#Cc1ccc(C=O)cc1. The number of aldehydes is 1. The molecule has 0 saturated carbocycles. The van der Waals surface area contributed by atoms with Crippen LogP contribution in [0, 0.1) is 29.6 Å². The van der Waals surface area contributed by atoms with Gasteiger partial charge in [-0.3, -0.25) is 4.79 Å². The van der Waals surface area contributed by atoms with Crippen LogP contribution in [0.5, 0.6) is 0 Å². The first-order valence-electron chi connectivity index (χ1n) is 7.04. The van der Waals surface area contributed by atoms with Gasteiger partial charge in [0.15, 0.2) is 12.2 Å². The predicted octanol–water partition coefficient (Wildman–Crippen LogP) is 3.89. The molecule has 0 N–H and O–H groups in total. The molecule has 5 heteroatoms. The molecular weight excluding hydrogens is 302 g/mol. The number of carbonyl (C=O) groups is 1. The molecular formula is C19H13N3O2. The summed E-state index contributed by atoms with van der Waals surface area (Å²) in [6, 6.07) is 17.7. The highest BCUT2D eigenvalue weighted by atomic mass is 16.3. The van der Waals surface area contributed by atoms with E-state index in [4.69, 9.17) is 14.9 Å². The topological polar surface area (TPSA) is 90.7 Å². The van der Waals surface area contributed by atoms with Gasteiger partial charge in [-0.2, -0.15) is 10.5 Å². The number of nitrogens with zero attached hydrogens (tertiary/aromatic N) is 3. The lowest BCUT2D eigenvalue weighted by atomic mass is 10.1. The lowest BCUT2D eigenvalue weighted by Gasteiger charge is -1.96. The van der Waals surface area contributed by atoms with E-state index in [-0.39, 0.29) is 0 Å². The Balaban J connectivity index is 0.000000185. The number of nitriles is 2. The Morgan fingerprint density at radius 1 is 0.958 bits per heavy atom. The fraction of sp³-hybridized carbons (Fsp3) is 0.0526. The summed E-state index contributed by atoms with van der Waals surface area (Å²) in [5, 5.41) is 17.0. The molecule has 3 rings (SSSR count). The van der Waals surface area contributed by atoms with Crippen LogP contribution >= 0.6 is 0 Å². The molecule has 0 aliphatic carbocycles. The maximum absolute atomic E-state index is 10.1. The van der Waals surface area contributed by atoms with Crippen molar-refractivity contribution in [1.82, 2.24) is 4.98 Å². The van der Waals surface area contributed by atoms with Crippen molar-refractivity contribution in [2.24, 2.45) is 0 Å². The third-order valence-electron chi connectivity index (χ3n) is 3.20.